The van der Waals surface area contributed by atoms with Crippen molar-refractivity contribution in [1.82, 2.24) is 14.9 Å². The van der Waals surface area contributed by atoms with E-state index in [1.165, 1.54) is 25.7 Å². The van der Waals surface area contributed by atoms with Crippen LogP contribution in [0.15, 0.2) is 24.3 Å². The lowest BCUT2D eigenvalue weighted by Crippen LogP contribution is -2.15. The summed E-state index contributed by atoms with van der Waals surface area (Å²) in [6.45, 7) is 3.69. The smallest absolute Gasteiger partial charge is 0.207 e. The Morgan fingerprint density at radius 1 is 1.20 bits per heavy atom. The van der Waals surface area contributed by atoms with E-state index in [0.29, 0.717) is 6.54 Å². The minimum atomic E-state index is 0.493. The second-order valence-electron chi connectivity index (χ2n) is 5.08. The average molecular weight is 273 g/mol. The summed E-state index contributed by atoms with van der Waals surface area (Å²) in [7, 11) is 0. The third-order valence-corrected chi connectivity index (χ3v) is 3.56. The molecule has 0 aliphatic rings. The number of aromatic nitrogens is 2. The van der Waals surface area contributed by atoms with Gasteiger partial charge in [-0.25, -0.2) is 4.98 Å². The van der Waals surface area contributed by atoms with Crippen molar-refractivity contribution in [2.75, 3.05) is 0 Å². The van der Waals surface area contributed by atoms with Gasteiger partial charge in [0.25, 0.3) is 0 Å². The maximum Gasteiger partial charge on any atom is 0.207 e. The van der Waals surface area contributed by atoms with Gasteiger partial charge in [0.05, 0.1) is 17.6 Å². The summed E-state index contributed by atoms with van der Waals surface area (Å²) >= 11 is 0. The van der Waals surface area contributed by atoms with Crippen LogP contribution in [0.1, 0.15) is 44.9 Å². The number of imidazole rings is 1. The van der Waals surface area contributed by atoms with Gasteiger partial charge >= 0.3 is 0 Å². The number of aryl methyl sites for hydroxylation is 1. The molecule has 0 bridgehead atoms. The van der Waals surface area contributed by atoms with E-state index in [1.54, 1.807) is 0 Å². The largest absolute Gasteiger partial charge is 0.351 e. The molecule has 1 amide bonds. The topological polar surface area (TPSA) is 46.9 Å². The van der Waals surface area contributed by atoms with Crippen LogP contribution in [0.5, 0.6) is 0 Å². The number of fused-ring (bicyclic) bond motifs is 1. The number of hydrogen-bond acceptors (Lipinski definition) is 2. The van der Waals surface area contributed by atoms with E-state index in [2.05, 4.69) is 27.9 Å². The summed E-state index contributed by atoms with van der Waals surface area (Å²) in [6.07, 6.45) is 7.01. The number of rotatable bonds is 9. The molecule has 4 nitrogen and oxygen atoms in total. The molecule has 2 aromatic rings. The number of amides is 1. The first-order chi connectivity index (χ1) is 9.86. The lowest BCUT2D eigenvalue weighted by atomic mass is 10.1. The Hall–Kier alpha value is -1.84. The van der Waals surface area contributed by atoms with Crippen LogP contribution in [-0.4, -0.2) is 16.0 Å². The summed E-state index contributed by atoms with van der Waals surface area (Å²) in [6, 6.07) is 8.15. The predicted octanol–water partition coefficient (Wildman–Crippen LogP) is 3.25. The van der Waals surface area contributed by atoms with Crippen molar-refractivity contribution in [3.8, 4) is 0 Å². The zero-order chi connectivity index (χ0) is 14.2. The van der Waals surface area contributed by atoms with Gasteiger partial charge in [-0.2, -0.15) is 0 Å². The van der Waals surface area contributed by atoms with Crippen molar-refractivity contribution < 1.29 is 4.79 Å². The van der Waals surface area contributed by atoms with Gasteiger partial charge in [-0.1, -0.05) is 44.7 Å². The highest BCUT2D eigenvalue weighted by Gasteiger charge is 2.09. The Kier molecular flexibility index (Phi) is 5.59. The van der Waals surface area contributed by atoms with Crippen molar-refractivity contribution in [1.29, 1.82) is 0 Å². The second-order valence-corrected chi connectivity index (χ2v) is 5.08. The number of unbranched alkanes of at least 4 members (excludes halogenated alkanes) is 4. The van der Waals surface area contributed by atoms with E-state index < -0.39 is 0 Å². The first-order valence-corrected chi connectivity index (χ1v) is 7.48. The van der Waals surface area contributed by atoms with Crippen LogP contribution in [0.2, 0.25) is 0 Å². The second kappa shape index (κ2) is 7.68. The zero-order valence-corrected chi connectivity index (χ0v) is 12.1. The molecule has 1 aromatic heterocycles. The third-order valence-electron chi connectivity index (χ3n) is 3.56. The molecule has 0 spiro atoms. The third kappa shape index (κ3) is 3.59. The fourth-order valence-electron chi connectivity index (χ4n) is 2.52. The Balaban J connectivity index is 2.09. The minimum absolute atomic E-state index is 0.493. The first kappa shape index (κ1) is 14.6. The Morgan fingerprint density at radius 2 is 2.00 bits per heavy atom. The van der Waals surface area contributed by atoms with E-state index in [4.69, 9.17) is 0 Å². The van der Waals surface area contributed by atoms with Crippen LogP contribution in [0.25, 0.3) is 11.0 Å². The fraction of sp³-hybridized carbons (Fsp3) is 0.500. The summed E-state index contributed by atoms with van der Waals surface area (Å²) in [4.78, 5) is 15.1. The van der Waals surface area contributed by atoms with Crippen molar-refractivity contribution in [2.24, 2.45) is 0 Å². The van der Waals surface area contributed by atoms with Crippen molar-refractivity contribution in [3.63, 3.8) is 0 Å². The summed E-state index contributed by atoms with van der Waals surface area (Å²) in [5.74, 6) is 0.939. The number of carbonyl (C=O) groups is 1. The minimum Gasteiger partial charge on any atom is -0.351 e. The molecular formula is C16H23N3O. The molecule has 0 unspecified atom stereocenters. The van der Waals surface area contributed by atoms with E-state index >= 15 is 0 Å². The van der Waals surface area contributed by atoms with Crippen LogP contribution in [0.3, 0.4) is 0 Å². The molecule has 4 heteroatoms. The quantitative estimate of drug-likeness (QED) is 0.563. The van der Waals surface area contributed by atoms with E-state index in [0.717, 1.165) is 36.2 Å². The van der Waals surface area contributed by atoms with Crippen LogP contribution in [-0.2, 0) is 17.9 Å². The van der Waals surface area contributed by atoms with Gasteiger partial charge in [-0.3, -0.25) is 4.79 Å². The SMILES string of the molecule is CCCCCCCn1c(CNC=O)nc2ccccc21. The highest BCUT2D eigenvalue weighted by molar-refractivity contribution is 5.75. The number of carbonyl (C=O) groups excluding carboxylic acids is 1. The van der Waals surface area contributed by atoms with Gasteiger partial charge < -0.3 is 9.88 Å². The predicted molar refractivity (Wildman–Crippen MR) is 81.4 cm³/mol. The highest BCUT2D eigenvalue weighted by Crippen LogP contribution is 2.17. The van der Waals surface area contributed by atoms with Gasteiger partial charge in [0.1, 0.15) is 5.82 Å². The first-order valence-electron chi connectivity index (χ1n) is 7.48. The van der Waals surface area contributed by atoms with Gasteiger partial charge in [-0.15, -0.1) is 0 Å². The molecule has 0 saturated carbocycles. The molecule has 108 valence electrons. The van der Waals surface area contributed by atoms with Crippen LogP contribution in [0, 0.1) is 0 Å². The van der Waals surface area contributed by atoms with Crippen LogP contribution in [0.4, 0.5) is 0 Å². The highest BCUT2D eigenvalue weighted by atomic mass is 16.1. The molecule has 0 aliphatic carbocycles. The monoisotopic (exact) mass is 273 g/mol. The fourth-order valence-corrected chi connectivity index (χ4v) is 2.52. The van der Waals surface area contributed by atoms with Crippen molar-refractivity contribution in [3.05, 3.63) is 30.1 Å². The number of hydrogen-bond donors (Lipinski definition) is 1. The average Bonchev–Trinajstić information content (AvgIpc) is 2.83. The number of nitrogens with zero attached hydrogens (tertiary/aromatic N) is 2. The molecule has 0 aliphatic heterocycles. The van der Waals surface area contributed by atoms with Gasteiger partial charge in [0, 0.05) is 6.54 Å². The molecular weight excluding hydrogens is 250 g/mol. The van der Waals surface area contributed by atoms with E-state index in [-0.39, 0.29) is 0 Å². The molecule has 0 radical (unpaired) electrons. The molecule has 1 N–H and O–H groups in total. The standard InChI is InChI=1S/C16H23N3O/c1-2-3-4-5-8-11-19-15-10-7-6-9-14(15)18-16(19)12-17-13-20/h6-7,9-10,13H,2-5,8,11-12H2,1H3,(H,17,20). The number of para-hydroxylation sites is 2. The number of nitrogens with one attached hydrogen (secondary N) is 1. The van der Waals surface area contributed by atoms with Gasteiger partial charge in [0.2, 0.25) is 6.41 Å². The van der Waals surface area contributed by atoms with Crippen molar-refractivity contribution >= 4 is 17.4 Å². The lowest BCUT2D eigenvalue weighted by Gasteiger charge is -2.08. The lowest BCUT2D eigenvalue weighted by molar-refractivity contribution is -0.109. The van der Waals surface area contributed by atoms with Gasteiger partial charge in [-0.05, 0) is 18.6 Å². The van der Waals surface area contributed by atoms with E-state index in [1.807, 2.05) is 18.2 Å². The molecule has 0 saturated heterocycles. The zero-order valence-electron chi connectivity index (χ0n) is 12.1. The molecule has 1 aromatic carbocycles. The molecule has 1 heterocycles. The summed E-state index contributed by atoms with van der Waals surface area (Å²) in [5, 5.41) is 2.71. The molecule has 0 atom stereocenters. The molecule has 20 heavy (non-hydrogen) atoms. The van der Waals surface area contributed by atoms with E-state index in [9.17, 15) is 4.79 Å². The van der Waals surface area contributed by atoms with Crippen LogP contribution < -0.4 is 5.32 Å². The maximum atomic E-state index is 10.5. The maximum absolute atomic E-state index is 10.5. The molecule has 2 rings (SSSR count). The Morgan fingerprint density at radius 3 is 2.80 bits per heavy atom. The van der Waals surface area contributed by atoms with Gasteiger partial charge in [0.15, 0.2) is 0 Å². The summed E-state index contributed by atoms with van der Waals surface area (Å²) in [5.41, 5.74) is 2.16. The Bertz CT molecular complexity index is 548. The normalized spacial score (nSPS) is 10.8. The summed E-state index contributed by atoms with van der Waals surface area (Å²) < 4.78 is 2.23. The van der Waals surface area contributed by atoms with Crippen molar-refractivity contribution in [2.45, 2.75) is 52.1 Å². The van der Waals surface area contributed by atoms with Crippen LogP contribution >= 0.6 is 0 Å². The molecule has 0 fully saturated rings. The Labute approximate surface area is 120 Å². The number of benzene rings is 1.